The van der Waals surface area contributed by atoms with E-state index < -0.39 is 0 Å². The van der Waals surface area contributed by atoms with Gasteiger partial charge in [-0.2, -0.15) is 0 Å². The molecule has 1 atom stereocenters. The van der Waals surface area contributed by atoms with Gasteiger partial charge in [-0.15, -0.1) is 23.7 Å². The van der Waals surface area contributed by atoms with Crippen molar-refractivity contribution in [3.63, 3.8) is 0 Å². The highest BCUT2D eigenvalue weighted by molar-refractivity contribution is 7.11. The molecule has 1 spiro atoms. The number of nitrogens with zero attached hydrogens (tertiary/aromatic N) is 1. The summed E-state index contributed by atoms with van der Waals surface area (Å²) in [5.41, 5.74) is 1.61. The number of halogens is 1. The van der Waals surface area contributed by atoms with E-state index in [1.165, 1.54) is 15.3 Å². The summed E-state index contributed by atoms with van der Waals surface area (Å²) in [6.45, 7) is 5.84. The van der Waals surface area contributed by atoms with E-state index in [2.05, 4.69) is 53.5 Å². The largest absolute Gasteiger partial charge is 0.337 e. The van der Waals surface area contributed by atoms with Gasteiger partial charge in [0.15, 0.2) is 0 Å². The predicted octanol–water partition coefficient (Wildman–Crippen LogP) is 4.44. The lowest BCUT2D eigenvalue weighted by Crippen LogP contribution is -2.37. The molecule has 1 saturated carbocycles. The first kappa shape index (κ1) is 20.4. The number of hydrogen-bond acceptors (Lipinski definition) is 3. The molecule has 27 heavy (non-hydrogen) atoms. The Bertz CT molecular complexity index is 755. The van der Waals surface area contributed by atoms with Crippen molar-refractivity contribution in [3.05, 3.63) is 57.8 Å². The number of carbonyl (C=O) groups excluding carboxylic acids is 1. The van der Waals surface area contributed by atoms with Crippen molar-refractivity contribution in [1.82, 2.24) is 10.2 Å². The molecule has 2 fully saturated rings. The van der Waals surface area contributed by atoms with Gasteiger partial charge in [-0.05, 0) is 68.8 Å². The summed E-state index contributed by atoms with van der Waals surface area (Å²) in [4.78, 5) is 18.1. The molecule has 1 amide bonds. The van der Waals surface area contributed by atoms with Crippen LogP contribution in [0.25, 0.3) is 0 Å². The summed E-state index contributed by atoms with van der Waals surface area (Å²) >= 11 is 1.81. The Morgan fingerprint density at radius 1 is 1.19 bits per heavy atom. The van der Waals surface area contributed by atoms with Crippen LogP contribution in [-0.2, 0) is 17.8 Å². The van der Waals surface area contributed by atoms with Gasteiger partial charge in [0.05, 0.1) is 6.54 Å². The zero-order valence-corrected chi connectivity index (χ0v) is 17.6. The molecule has 0 bridgehead atoms. The highest BCUT2D eigenvalue weighted by atomic mass is 35.5. The minimum absolute atomic E-state index is 0. The molecule has 1 aromatic heterocycles. The number of thiophene rings is 1. The van der Waals surface area contributed by atoms with Crippen LogP contribution in [0.1, 0.15) is 34.6 Å². The van der Waals surface area contributed by atoms with E-state index >= 15 is 0 Å². The lowest BCUT2D eigenvalue weighted by molar-refractivity contribution is -0.134. The van der Waals surface area contributed by atoms with Crippen LogP contribution in [0.5, 0.6) is 0 Å². The van der Waals surface area contributed by atoms with Crippen LogP contribution < -0.4 is 5.32 Å². The molecule has 3 nitrogen and oxygen atoms in total. The second-order valence-corrected chi connectivity index (χ2v) is 9.25. The van der Waals surface area contributed by atoms with Gasteiger partial charge in [0, 0.05) is 22.2 Å². The van der Waals surface area contributed by atoms with E-state index in [0.717, 1.165) is 51.9 Å². The topological polar surface area (TPSA) is 32.3 Å². The van der Waals surface area contributed by atoms with E-state index in [1.807, 2.05) is 17.4 Å². The Labute approximate surface area is 172 Å². The minimum Gasteiger partial charge on any atom is -0.337 e. The Balaban J connectivity index is 0.00000210. The number of benzene rings is 1. The van der Waals surface area contributed by atoms with Crippen molar-refractivity contribution in [2.75, 3.05) is 19.6 Å². The molecule has 1 saturated heterocycles. The van der Waals surface area contributed by atoms with Crippen molar-refractivity contribution >= 4 is 29.7 Å². The molecule has 1 N–H and O–H groups in total. The fraction of sp³-hybridized carbons (Fsp3) is 0.500. The first-order valence-electron chi connectivity index (χ1n) is 9.75. The van der Waals surface area contributed by atoms with Crippen molar-refractivity contribution in [2.24, 2.45) is 11.3 Å². The quantitative estimate of drug-likeness (QED) is 0.771. The van der Waals surface area contributed by atoms with Gasteiger partial charge in [-0.1, -0.05) is 30.3 Å². The van der Waals surface area contributed by atoms with E-state index in [-0.39, 0.29) is 18.3 Å². The fourth-order valence-electron chi connectivity index (χ4n) is 4.33. The third-order valence-corrected chi connectivity index (χ3v) is 7.04. The molecule has 5 heteroatoms. The second kappa shape index (κ2) is 8.76. The Hall–Kier alpha value is -1.36. The smallest absolute Gasteiger partial charge is 0.226 e. The van der Waals surface area contributed by atoms with Gasteiger partial charge in [-0.3, -0.25) is 4.79 Å². The summed E-state index contributed by atoms with van der Waals surface area (Å²) < 4.78 is 0. The molecule has 1 unspecified atom stereocenters. The molecule has 1 aromatic carbocycles. The first-order chi connectivity index (χ1) is 12.7. The summed E-state index contributed by atoms with van der Waals surface area (Å²) in [6.07, 6.45) is 4.35. The molecule has 2 aliphatic rings. The summed E-state index contributed by atoms with van der Waals surface area (Å²) in [5, 5.41) is 3.44. The van der Waals surface area contributed by atoms with Crippen LogP contribution in [0, 0.1) is 18.3 Å². The highest BCUT2D eigenvalue weighted by Crippen LogP contribution is 2.59. The van der Waals surface area contributed by atoms with Gasteiger partial charge in [-0.25, -0.2) is 0 Å². The van der Waals surface area contributed by atoms with Gasteiger partial charge in [0.1, 0.15) is 0 Å². The molecule has 2 heterocycles. The summed E-state index contributed by atoms with van der Waals surface area (Å²) in [6, 6.07) is 14.9. The van der Waals surface area contributed by atoms with Crippen LogP contribution in [0.4, 0.5) is 0 Å². The Morgan fingerprint density at radius 2 is 1.93 bits per heavy atom. The standard InChI is InChI=1S/C22H28N2OS.ClH/c1-17-7-8-19(26-17)16-24(14-9-18-5-3-2-4-6-18)21(25)20-15-22(20)10-12-23-13-11-22;/h2-8,20,23H,9-16H2,1H3;1H. The van der Waals surface area contributed by atoms with Crippen molar-refractivity contribution in [3.8, 4) is 0 Å². The van der Waals surface area contributed by atoms with Crippen molar-refractivity contribution in [2.45, 2.75) is 39.2 Å². The van der Waals surface area contributed by atoms with Crippen LogP contribution in [0.3, 0.4) is 0 Å². The molecule has 1 aliphatic carbocycles. The van der Waals surface area contributed by atoms with Gasteiger partial charge in [0.2, 0.25) is 5.91 Å². The van der Waals surface area contributed by atoms with Gasteiger partial charge in [0.25, 0.3) is 0 Å². The van der Waals surface area contributed by atoms with Crippen LogP contribution >= 0.6 is 23.7 Å². The maximum absolute atomic E-state index is 13.3. The molecular weight excluding hydrogens is 376 g/mol. The predicted molar refractivity (Wildman–Crippen MR) is 115 cm³/mol. The number of rotatable bonds is 6. The summed E-state index contributed by atoms with van der Waals surface area (Å²) in [7, 11) is 0. The first-order valence-corrected chi connectivity index (χ1v) is 10.6. The van der Waals surface area contributed by atoms with E-state index in [9.17, 15) is 4.79 Å². The number of aryl methyl sites for hydroxylation is 1. The van der Waals surface area contributed by atoms with Gasteiger partial charge < -0.3 is 10.2 Å². The lowest BCUT2D eigenvalue weighted by atomic mass is 9.91. The zero-order valence-electron chi connectivity index (χ0n) is 15.9. The van der Waals surface area contributed by atoms with Gasteiger partial charge >= 0.3 is 0 Å². The van der Waals surface area contributed by atoms with E-state index in [0.29, 0.717) is 11.3 Å². The highest BCUT2D eigenvalue weighted by Gasteiger charge is 2.58. The number of piperidine rings is 1. The molecule has 4 rings (SSSR count). The Morgan fingerprint density at radius 3 is 2.59 bits per heavy atom. The van der Waals surface area contributed by atoms with Crippen LogP contribution in [-0.4, -0.2) is 30.4 Å². The number of carbonyl (C=O) groups is 1. The minimum atomic E-state index is 0. The molecule has 1 aliphatic heterocycles. The van der Waals surface area contributed by atoms with E-state index in [4.69, 9.17) is 0 Å². The monoisotopic (exact) mass is 404 g/mol. The molecular formula is C22H29ClN2OS. The molecule has 0 radical (unpaired) electrons. The normalized spacial score (nSPS) is 20.1. The number of hydrogen-bond donors (Lipinski definition) is 1. The maximum atomic E-state index is 13.3. The van der Waals surface area contributed by atoms with Crippen molar-refractivity contribution < 1.29 is 4.79 Å². The summed E-state index contributed by atoms with van der Waals surface area (Å²) in [5.74, 6) is 0.635. The number of nitrogens with one attached hydrogen (secondary N) is 1. The maximum Gasteiger partial charge on any atom is 0.226 e. The van der Waals surface area contributed by atoms with Crippen LogP contribution in [0.15, 0.2) is 42.5 Å². The fourth-order valence-corrected chi connectivity index (χ4v) is 5.23. The average Bonchev–Trinajstić information content (AvgIpc) is 3.19. The van der Waals surface area contributed by atoms with E-state index in [1.54, 1.807) is 0 Å². The second-order valence-electron chi connectivity index (χ2n) is 7.88. The zero-order chi connectivity index (χ0) is 18.0. The van der Waals surface area contributed by atoms with Crippen LogP contribution in [0.2, 0.25) is 0 Å². The third kappa shape index (κ3) is 4.74. The number of amides is 1. The molecule has 2 aromatic rings. The Kier molecular flexibility index (Phi) is 6.61. The van der Waals surface area contributed by atoms with Crippen molar-refractivity contribution in [1.29, 1.82) is 0 Å². The molecule has 146 valence electrons. The third-order valence-electron chi connectivity index (χ3n) is 6.05. The average molecular weight is 405 g/mol. The SMILES string of the molecule is Cc1ccc(CN(CCc2ccccc2)C(=O)C2CC23CCNCC3)s1.Cl. The lowest BCUT2D eigenvalue weighted by Gasteiger charge is -2.27.